The first-order valence-corrected chi connectivity index (χ1v) is 6.09. The van der Waals surface area contributed by atoms with Crippen LogP contribution in [0.5, 0.6) is 0 Å². The predicted molar refractivity (Wildman–Crippen MR) is 69.2 cm³/mol. The first kappa shape index (κ1) is 13.5. The highest BCUT2D eigenvalue weighted by molar-refractivity contribution is 5.92. The molecule has 0 aliphatic rings. The number of rotatable bonds is 7. The first-order valence-electron chi connectivity index (χ1n) is 6.09. The molecule has 1 heterocycles. The lowest BCUT2D eigenvalue weighted by Crippen LogP contribution is -2.04. The summed E-state index contributed by atoms with van der Waals surface area (Å²) in [5.74, 6) is -0.950. The fourth-order valence-electron chi connectivity index (χ4n) is 1.88. The maximum atomic E-state index is 10.9. The lowest BCUT2D eigenvalue weighted by atomic mass is 10.2. The molecule has 0 atom stereocenters. The van der Waals surface area contributed by atoms with Crippen molar-refractivity contribution in [1.29, 1.82) is 0 Å². The van der Waals surface area contributed by atoms with E-state index in [4.69, 9.17) is 14.9 Å². The van der Waals surface area contributed by atoms with E-state index in [2.05, 4.69) is 4.98 Å². The highest BCUT2D eigenvalue weighted by atomic mass is 16.5. The summed E-state index contributed by atoms with van der Waals surface area (Å²) in [6, 6.07) is 4.90. The average molecular weight is 264 g/mol. The minimum atomic E-state index is -0.950. The minimum Gasteiger partial charge on any atom is -0.478 e. The normalized spacial score (nSPS) is 11.0. The zero-order valence-corrected chi connectivity index (χ0v) is 10.5. The molecule has 0 fully saturated rings. The number of aliphatic hydroxyl groups is 1. The van der Waals surface area contributed by atoms with Crippen molar-refractivity contribution >= 4 is 17.0 Å². The van der Waals surface area contributed by atoms with Gasteiger partial charge in [0.15, 0.2) is 0 Å². The zero-order chi connectivity index (χ0) is 13.7. The van der Waals surface area contributed by atoms with Crippen molar-refractivity contribution in [3.05, 3.63) is 30.1 Å². The smallest absolute Gasteiger partial charge is 0.335 e. The van der Waals surface area contributed by atoms with Gasteiger partial charge in [-0.3, -0.25) is 0 Å². The van der Waals surface area contributed by atoms with Gasteiger partial charge in [0.2, 0.25) is 0 Å². The number of aliphatic hydroxyl groups excluding tert-OH is 1. The van der Waals surface area contributed by atoms with Crippen LogP contribution in [0.4, 0.5) is 0 Å². The number of carbonyl (C=O) groups is 1. The van der Waals surface area contributed by atoms with E-state index in [1.54, 1.807) is 24.5 Å². The van der Waals surface area contributed by atoms with Crippen molar-refractivity contribution in [2.75, 3.05) is 19.8 Å². The molecule has 0 bridgehead atoms. The largest absolute Gasteiger partial charge is 0.478 e. The van der Waals surface area contributed by atoms with Gasteiger partial charge in [0.25, 0.3) is 0 Å². The van der Waals surface area contributed by atoms with E-state index >= 15 is 0 Å². The van der Waals surface area contributed by atoms with Crippen molar-refractivity contribution < 1.29 is 19.7 Å². The van der Waals surface area contributed by atoms with Crippen molar-refractivity contribution in [3.63, 3.8) is 0 Å². The van der Waals surface area contributed by atoms with Crippen LogP contribution in [0.15, 0.2) is 24.5 Å². The molecule has 0 unspecified atom stereocenters. The molecule has 0 spiro atoms. The van der Waals surface area contributed by atoms with Crippen LogP contribution in [0.2, 0.25) is 0 Å². The van der Waals surface area contributed by atoms with Crippen LogP contribution in [-0.4, -0.2) is 45.6 Å². The maximum absolute atomic E-state index is 10.9. The number of hydrogen-bond donors (Lipinski definition) is 2. The van der Waals surface area contributed by atoms with E-state index in [0.29, 0.717) is 18.7 Å². The van der Waals surface area contributed by atoms with Crippen molar-refractivity contribution in [2.45, 2.75) is 13.0 Å². The molecule has 6 nitrogen and oxygen atoms in total. The van der Waals surface area contributed by atoms with E-state index in [0.717, 1.165) is 18.5 Å². The Balaban J connectivity index is 2.02. The van der Waals surface area contributed by atoms with E-state index in [1.165, 1.54) is 0 Å². The van der Waals surface area contributed by atoms with Gasteiger partial charge in [-0.1, -0.05) is 0 Å². The van der Waals surface area contributed by atoms with Gasteiger partial charge in [-0.2, -0.15) is 0 Å². The van der Waals surface area contributed by atoms with E-state index < -0.39 is 5.97 Å². The third-order valence-corrected chi connectivity index (χ3v) is 2.79. The second kappa shape index (κ2) is 6.31. The number of nitrogens with zero attached hydrogens (tertiary/aromatic N) is 2. The third-order valence-electron chi connectivity index (χ3n) is 2.79. The molecule has 0 saturated heterocycles. The van der Waals surface area contributed by atoms with Crippen LogP contribution in [0, 0.1) is 0 Å². The molecule has 0 radical (unpaired) electrons. The molecule has 19 heavy (non-hydrogen) atoms. The van der Waals surface area contributed by atoms with Crippen LogP contribution in [0.3, 0.4) is 0 Å². The molecular weight excluding hydrogens is 248 g/mol. The predicted octanol–water partition coefficient (Wildman–Crippen LogP) is 1.13. The topological polar surface area (TPSA) is 84.6 Å². The fraction of sp³-hybridized carbons (Fsp3) is 0.385. The van der Waals surface area contributed by atoms with Crippen LogP contribution in [-0.2, 0) is 11.3 Å². The first-order chi connectivity index (χ1) is 9.22. The summed E-state index contributed by atoms with van der Waals surface area (Å²) in [5.41, 5.74) is 1.83. The van der Waals surface area contributed by atoms with E-state index in [-0.39, 0.29) is 12.2 Å². The summed E-state index contributed by atoms with van der Waals surface area (Å²) in [5, 5.41) is 17.5. The molecule has 6 heteroatoms. The molecule has 0 saturated carbocycles. The van der Waals surface area contributed by atoms with Crippen LogP contribution < -0.4 is 0 Å². The van der Waals surface area contributed by atoms with Gasteiger partial charge in [-0.05, 0) is 24.6 Å². The standard InChI is InChI=1S/C13H16N2O4/c16-5-7-19-6-1-4-15-9-14-11-8-10(13(17)18)2-3-12(11)15/h2-3,8-9,16H,1,4-7H2,(H,17,18). The Labute approximate surface area is 110 Å². The lowest BCUT2D eigenvalue weighted by molar-refractivity contribution is 0.0697. The Morgan fingerprint density at radius 3 is 2.95 bits per heavy atom. The number of aryl methyl sites for hydroxylation is 1. The number of ether oxygens (including phenoxy) is 1. The Morgan fingerprint density at radius 1 is 1.37 bits per heavy atom. The zero-order valence-electron chi connectivity index (χ0n) is 10.5. The molecule has 1 aromatic heterocycles. The summed E-state index contributed by atoms with van der Waals surface area (Å²) >= 11 is 0. The number of benzene rings is 1. The number of hydrogen-bond acceptors (Lipinski definition) is 4. The fourth-order valence-corrected chi connectivity index (χ4v) is 1.88. The number of carboxylic acid groups (broad SMARTS) is 1. The van der Waals surface area contributed by atoms with E-state index in [9.17, 15) is 4.79 Å². The molecule has 2 N–H and O–H groups in total. The van der Waals surface area contributed by atoms with Crippen LogP contribution in [0.25, 0.3) is 11.0 Å². The molecule has 1 aromatic carbocycles. The number of carboxylic acids is 1. The quantitative estimate of drug-likeness (QED) is 0.732. The number of imidazole rings is 1. The van der Waals surface area contributed by atoms with Gasteiger partial charge >= 0.3 is 5.97 Å². The molecule has 102 valence electrons. The second-order valence-electron chi connectivity index (χ2n) is 4.14. The number of aromatic carboxylic acids is 1. The summed E-state index contributed by atoms with van der Waals surface area (Å²) in [6.45, 7) is 1.71. The number of aromatic nitrogens is 2. The van der Waals surface area contributed by atoms with Crippen LogP contribution >= 0.6 is 0 Å². The van der Waals surface area contributed by atoms with Crippen molar-refractivity contribution in [1.82, 2.24) is 9.55 Å². The molecule has 0 aliphatic heterocycles. The third kappa shape index (κ3) is 3.30. The Bertz CT molecular complexity index is 565. The Kier molecular flexibility index (Phi) is 4.48. The van der Waals surface area contributed by atoms with Crippen molar-refractivity contribution in [2.24, 2.45) is 0 Å². The monoisotopic (exact) mass is 264 g/mol. The summed E-state index contributed by atoms with van der Waals surface area (Å²) in [4.78, 5) is 15.0. The maximum Gasteiger partial charge on any atom is 0.335 e. The van der Waals surface area contributed by atoms with Crippen LogP contribution in [0.1, 0.15) is 16.8 Å². The molecule has 0 aliphatic carbocycles. The van der Waals surface area contributed by atoms with Gasteiger partial charge in [-0.25, -0.2) is 9.78 Å². The average Bonchev–Trinajstić information content (AvgIpc) is 2.81. The van der Waals surface area contributed by atoms with Crippen molar-refractivity contribution in [3.8, 4) is 0 Å². The molecular formula is C13H16N2O4. The SMILES string of the molecule is O=C(O)c1ccc2c(c1)ncn2CCCOCCO. The van der Waals surface area contributed by atoms with Gasteiger partial charge < -0.3 is 19.5 Å². The summed E-state index contributed by atoms with van der Waals surface area (Å²) < 4.78 is 7.14. The lowest BCUT2D eigenvalue weighted by Gasteiger charge is -2.05. The van der Waals surface area contributed by atoms with Gasteiger partial charge in [0.1, 0.15) is 0 Å². The van der Waals surface area contributed by atoms with Gasteiger partial charge in [-0.15, -0.1) is 0 Å². The number of fused-ring (bicyclic) bond motifs is 1. The van der Waals surface area contributed by atoms with E-state index in [1.807, 2.05) is 4.57 Å². The second-order valence-corrected chi connectivity index (χ2v) is 4.14. The highest BCUT2D eigenvalue weighted by Gasteiger charge is 2.07. The summed E-state index contributed by atoms with van der Waals surface area (Å²) in [7, 11) is 0. The molecule has 2 rings (SSSR count). The Hall–Kier alpha value is -1.92. The molecule has 0 amide bonds. The minimum absolute atomic E-state index is 0.0337. The van der Waals surface area contributed by atoms with Gasteiger partial charge in [0, 0.05) is 13.2 Å². The highest BCUT2D eigenvalue weighted by Crippen LogP contribution is 2.15. The Morgan fingerprint density at radius 2 is 2.21 bits per heavy atom. The molecule has 2 aromatic rings. The van der Waals surface area contributed by atoms with Gasteiger partial charge in [0.05, 0.1) is 36.1 Å². The summed E-state index contributed by atoms with van der Waals surface area (Å²) in [6.07, 6.45) is 2.51.